The maximum absolute atomic E-state index is 11.9. The molecule has 0 spiro atoms. The van der Waals surface area contributed by atoms with E-state index in [2.05, 4.69) is 16.0 Å². The fourth-order valence-corrected chi connectivity index (χ4v) is 6.42. The van der Waals surface area contributed by atoms with Gasteiger partial charge in [0.05, 0.1) is 32.5 Å². The second-order valence-electron chi connectivity index (χ2n) is 10.9. The van der Waals surface area contributed by atoms with Crippen molar-refractivity contribution in [1.82, 2.24) is 10.6 Å². The zero-order valence-electron chi connectivity index (χ0n) is 24.9. The molecule has 1 aliphatic carbocycles. The number of benzene rings is 3. The van der Waals surface area contributed by atoms with E-state index < -0.39 is 18.2 Å². The molecule has 0 fully saturated rings. The van der Waals surface area contributed by atoms with Gasteiger partial charge in [0.25, 0.3) is 0 Å². The summed E-state index contributed by atoms with van der Waals surface area (Å²) >= 11 is 0. The lowest BCUT2D eigenvalue weighted by Gasteiger charge is -2.39. The highest BCUT2D eigenvalue weighted by atomic mass is 16.5. The topological polar surface area (TPSA) is 143 Å². The third kappa shape index (κ3) is 4.96. The van der Waals surface area contributed by atoms with E-state index in [9.17, 15) is 15.3 Å². The molecule has 0 aromatic heterocycles. The predicted octanol–water partition coefficient (Wildman–Crippen LogP) is 3.35. The van der Waals surface area contributed by atoms with Gasteiger partial charge in [-0.25, -0.2) is 0 Å². The first kappa shape index (κ1) is 29.2. The molecule has 0 saturated carbocycles. The molecule has 3 aliphatic rings. The first-order chi connectivity index (χ1) is 20.9. The highest BCUT2D eigenvalue weighted by molar-refractivity contribution is 5.93. The molecule has 43 heavy (non-hydrogen) atoms. The molecule has 2 heterocycles. The number of hydrogen-bond donors (Lipinski definition) is 6. The van der Waals surface area contributed by atoms with Gasteiger partial charge in [-0.15, -0.1) is 0 Å². The smallest absolute Gasteiger partial charge is 0.200 e. The fourth-order valence-electron chi connectivity index (χ4n) is 6.42. The minimum atomic E-state index is -1.01. The number of rotatable bonds is 11. The number of aliphatic hydroxyl groups excluding tert-OH is 2. The first-order valence-electron chi connectivity index (χ1n) is 14.6. The van der Waals surface area contributed by atoms with E-state index in [1.54, 1.807) is 12.1 Å². The van der Waals surface area contributed by atoms with Gasteiger partial charge in [-0.1, -0.05) is 6.92 Å². The summed E-state index contributed by atoms with van der Waals surface area (Å²) in [6.07, 6.45) is -0.616. The molecule has 0 bridgehead atoms. The summed E-state index contributed by atoms with van der Waals surface area (Å²) in [5, 5.41) is 43.3. The van der Waals surface area contributed by atoms with E-state index in [1.807, 2.05) is 26.1 Å². The third-order valence-electron chi connectivity index (χ3n) is 8.49. The Kier molecular flexibility index (Phi) is 8.15. The van der Waals surface area contributed by atoms with Crippen LogP contribution in [-0.4, -0.2) is 69.6 Å². The van der Waals surface area contributed by atoms with Crippen molar-refractivity contribution in [3.63, 3.8) is 0 Å². The fraction of sp³-hybridized carbons (Fsp3) is 0.438. The summed E-state index contributed by atoms with van der Waals surface area (Å²) < 4.78 is 29.4. The molecule has 11 heteroatoms. The molecule has 3 atom stereocenters. The van der Waals surface area contributed by atoms with Crippen LogP contribution in [-0.2, 0) is 12.8 Å². The van der Waals surface area contributed by atoms with Gasteiger partial charge in [0.1, 0.15) is 30.6 Å². The van der Waals surface area contributed by atoms with Crippen molar-refractivity contribution >= 4 is 5.69 Å². The lowest BCUT2D eigenvalue weighted by atomic mass is 9.74. The van der Waals surface area contributed by atoms with Gasteiger partial charge < -0.3 is 49.6 Å². The van der Waals surface area contributed by atoms with E-state index in [-0.39, 0.29) is 30.6 Å². The van der Waals surface area contributed by atoms with Gasteiger partial charge in [0, 0.05) is 52.5 Å². The molecule has 0 radical (unpaired) electrons. The van der Waals surface area contributed by atoms with Crippen molar-refractivity contribution in [2.45, 2.75) is 38.0 Å². The summed E-state index contributed by atoms with van der Waals surface area (Å²) in [6.45, 7) is 4.39. The molecule has 0 saturated heterocycles. The summed E-state index contributed by atoms with van der Waals surface area (Å²) in [4.78, 5) is 0. The van der Waals surface area contributed by atoms with Crippen LogP contribution in [0.1, 0.15) is 53.0 Å². The summed E-state index contributed by atoms with van der Waals surface area (Å²) in [5.41, 5.74) is 6.58. The number of aliphatic hydroxyl groups is 2. The normalized spacial score (nSPS) is 19.4. The molecule has 11 nitrogen and oxygen atoms in total. The molecule has 230 valence electrons. The number of fused-ring (bicyclic) bond motifs is 2. The van der Waals surface area contributed by atoms with Crippen LogP contribution >= 0.6 is 0 Å². The van der Waals surface area contributed by atoms with Crippen molar-refractivity contribution in [3.05, 3.63) is 52.1 Å². The number of ether oxygens (including phenoxy) is 5. The Bertz CT molecular complexity index is 1500. The molecule has 3 aromatic carbocycles. The van der Waals surface area contributed by atoms with E-state index in [1.165, 1.54) is 14.2 Å². The SMILES string of the molecule is CCNCOc1cc(OCCNC)c2c3c1[C@@H](O)Nc1cc4c(c(c1-3)CC2)[C@@H](O)[C@H](c1cc(OC)c(O)c(OC)c1)CO4. The second-order valence-corrected chi connectivity index (χ2v) is 10.9. The number of anilines is 1. The molecule has 0 unspecified atom stereocenters. The van der Waals surface area contributed by atoms with E-state index in [0.717, 1.165) is 45.8 Å². The molecular weight excluding hydrogens is 554 g/mol. The Morgan fingerprint density at radius 1 is 0.930 bits per heavy atom. The van der Waals surface area contributed by atoms with Crippen LogP contribution in [0.4, 0.5) is 5.69 Å². The zero-order chi connectivity index (χ0) is 30.2. The number of phenolic OH excluding ortho intramolecular Hbond substituents is 1. The van der Waals surface area contributed by atoms with Crippen LogP contribution in [0.25, 0.3) is 11.1 Å². The van der Waals surface area contributed by atoms with Crippen molar-refractivity contribution in [3.8, 4) is 45.6 Å². The highest BCUT2D eigenvalue weighted by Crippen LogP contribution is 2.57. The van der Waals surface area contributed by atoms with E-state index in [0.29, 0.717) is 48.6 Å². The van der Waals surface area contributed by atoms with Crippen LogP contribution in [0.2, 0.25) is 0 Å². The van der Waals surface area contributed by atoms with Crippen LogP contribution in [0, 0.1) is 0 Å². The Balaban J connectivity index is 1.49. The van der Waals surface area contributed by atoms with Crippen molar-refractivity contribution < 1.29 is 39.0 Å². The molecule has 0 amide bonds. The maximum Gasteiger partial charge on any atom is 0.200 e. The summed E-state index contributed by atoms with van der Waals surface area (Å²) in [7, 11) is 4.83. The van der Waals surface area contributed by atoms with Crippen LogP contribution in [0.15, 0.2) is 24.3 Å². The highest BCUT2D eigenvalue weighted by Gasteiger charge is 2.41. The number of hydrogen-bond acceptors (Lipinski definition) is 11. The number of nitrogens with one attached hydrogen (secondary N) is 3. The number of phenols is 1. The van der Waals surface area contributed by atoms with Gasteiger partial charge >= 0.3 is 0 Å². The Morgan fingerprint density at radius 2 is 1.67 bits per heavy atom. The van der Waals surface area contributed by atoms with Crippen LogP contribution < -0.4 is 39.6 Å². The minimum absolute atomic E-state index is 0.0989. The molecule has 6 rings (SSSR count). The average molecular weight is 594 g/mol. The molecule has 6 N–H and O–H groups in total. The summed E-state index contributed by atoms with van der Waals surface area (Å²) in [6, 6.07) is 7.15. The van der Waals surface area contributed by atoms with E-state index in [4.69, 9.17) is 23.7 Å². The lowest BCUT2D eigenvalue weighted by molar-refractivity contribution is 0.0878. The van der Waals surface area contributed by atoms with Crippen molar-refractivity contribution in [2.24, 2.45) is 0 Å². The van der Waals surface area contributed by atoms with Gasteiger partial charge in [-0.2, -0.15) is 0 Å². The van der Waals surface area contributed by atoms with Crippen molar-refractivity contribution in [2.75, 3.05) is 59.6 Å². The Hall–Kier alpha value is -3.90. The van der Waals surface area contributed by atoms with Gasteiger partial charge in [-0.05, 0) is 49.7 Å². The van der Waals surface area contributed by atoms with Gasteiger partial charge in [0.15, 0.2) is 17.7 Å². The third-order valence-corrected chi connectivity index (χ3v) is 8.49. The second kappa shape index (κ2) is 12.0. The number of aromatic hydroxyl groups is 1. The number of likely N-dealkylation sites (N-methyl/N-ethyl adjacent to an activating group) is 1. The van der Waals surface area contributed by atoms with Crippen molar-refractivity contribution in [1.29, 1.82) is 0 Å². The maximum atomic E-state index is 11.9. The standard InChI is InChI=1S/C32H39N3O8/c1-5-34-15-43-23-13-21(41-9-8-33-2)17-6-7-18-26-20(35-32(38)29(23)28(17)26)12-22-27(18)30(36)19(14-42-22)16-10-24(39-3)31(37)25(11-16)40-4/h10-13,19,30,32-38H,5-9,14-15H2,1-4H3/t19-,30-,32+/m0/s1. The zero-order valence-corrected chi connectivity index (χ0v) is 24.9. The molecular formula is C32H39N3O8. The molecule has 3 aromatic rings. The number of methoxy groups -OCH3 is 2. The quantitative estimate of drug-likeness (QED) is 0.144. The van der Waals surface area contributed by atoms with Gasteiger partial charge in [0.2, 0.25) is 5.75 Å². The molecule has 2 aliphatic heterocycles. The minimum Gasteiger partial charge on any atom is -0.502 e. The van der Waals surface area contributed by atoms with Crippen LogP contribution in [0.3, 0.4) is 0 Å². The first-order valence-corrected chi connectivity index (χ1v) is 14.6. The largest absolute Gasteiger partial charge is 0.502 e. The predicted molar refractivity (Wildman–Crippen MR) is 161 cm³/mol. The van der Waals surface area contributed by atoms with E-state index >= 15 is 0 Å². The lowest BCUT2D eigenvalue weighted by Crippen LogP contribution is -2.29. The average Bonchev–Trinajstić information content (AvgIpc) is 3.01. The Morgan fingerprint density at radius 3 is 2.37 bits per heavy atom. The Labute approximate surface area is 250 Å². The monoisotopic (exact) mass is 593 g/mol. The van der Waals surface area contributed by atoms with Gasteiger partial charge in [-0.3, -0.25) is 5.32 Å². The summed E-state index contributed by atoms with van der Waals surface area (Å²) in [5.74, 6) is 1.81. The van der Waals surface area contributed by atoms with Crippen LogP contribution in [0.5, 0.6) is 34.5 Å².